The summed E-state index contributed by atoms with van der Waals surface area (Å²) in [5.41, 5.74) is 5.07. The number of hydrogen-bond donors (Lipinski definition) is 2. The van der Waals surface area contributed by atoms with Crippen LogP contribution in [-0.4, -0.2) is 39.5 Å². The lowest BCUT2D eigenvalue weighted by Gasteiger charge is -2.33. The van der Waals surface area contributed by atoms with E-state index in [9.17, 15) is 9.59 Å². The van der Waals surface area contributed by atoms with Crippen molar-refractivity contribution < 1.29 is 9.59 Å². The van der Waals surface area contributed by atoms with E-state index in [1.54, 1.807) is 18.3 Å². The molecule has 2 amide bonds. The molecule has 8 heteroatoms. The van der Waals surface area contributed by atoms with Crippen LogP contribution < -0.4 is 15.5 Å². The van der Waals surface area contributed by atoms with E-state index < -0.39 is 0 Å². The Balaban J connectivity index is 1.32. The Hall–Kier alpha value is -3.42. The molecule has 1 aliphatic carbocycles. The summed E-state index contributed by atoms with van der Waals surface area (Å²) in [6.45, 7) is 3.00. The molecule has 0 spiro atoms. The summed E-state index contributed by atoms with van der Waals surface area (Å²) in [7, 11) is 0. The number of amides is 2. The number of aromatic nitrogens is 3. The lowest BCUT2D eigenvalue weighted by Crippen LogP contribution is -2.41. The van der Waals surface area contributed by atoms with Gasteiger partial charge in [-0.15, -0.1) is 0 Å². The summed E-state index contributed by atoms with van der Waals surface area (Å²) < 4.78 is 1.97. The summed E-state index contributed by atoms with van der Waals surface area (Å²) >= 11 is 0. The Kier molecular flexibility index (Phi) is 5.51. The molecule has 0 radical (unpaired) electrons. The minimum absolute atomic E-state index is 0.0180. The highest BCUT2D eigenvalue weighted by molar-refractivity contribution is 5.94. The van der Waals surface area contributed by atoms with Gasteiger partial charge in [0.2, 0.25) is 11.8 Å². The molecule has 0 saturated carbocycles. The van der Waals surface area contributed by atoms with Crippen LogP contribution in [-0.2, 0) is 22.4 Å². The van der Waals surface area contributed by atoms with Crippen LogP contribution in [0.4, 0.5) is 17.2 Å². The lowest BCUT2D eigenvalue weighted by molar-refractivity contribution is -0.120. The highest BCUT2D eigenvalue weighted by atomic mass is 16.2. The molecule has 1 unspecified atom stereocenters. The summed E-state index contributed by atoms with van der Waals surface area (Å²) in [6.07, 6.45) is 9.99. The van der Waals surface area contributed by atoms with E-state index in [0.717, 1.165) is 49.2 Å². The molecule has 1 aliphatic heterocycles. The van der Waals surface area contributed by atoms with E-state index in [1.807, 2.05) is 22.8 Å². The molecule has 1 aromatic carbocycles. The van der Waals surface area contributed by atoms with Crippen LogP contribution in [0.2, 0.25) is 0 Å². The van der Waals surface area contributed by atoms with Crippen molar-refractivity contribution >= 4 is 34.5 Å². The zero-order valence-corrected chi connectivity index (χ0v) is 18.3. The van der Waals surface area contributed by atoms with E-state index in [1.165, 1.54) is 31.0 Å². The van der Waals surface area contributed by atoms with Gasteiger partial charge in [0.25, 0.3) is 0 Å². The highest BCUT2D eigenvalue weighted by Gasteiger charge is 2.29. The van der Waals surface area contributed by atoms with Crippen LogP contribution in [0.1, 0.15) is 43.9 Å². The number of carbonyl (C=O) groups excluding carboxylic acids is 2. The molecule has 3 aromatic rings. The van der Waals surface area contributed by atoms with Crippen LogP contribution in [0.15, 0.2) is 36.7 Å². The molecule has 2 aromatic heterocycles. The minimum atomic E-state index is -0.118. The first-order valence-corrected chi connectivity index (χ1v) is 11.4. The number of benzene rings is 1. The van der Waals surface area contributed by atoms with E-state index >= 15 is 0 Å². The van der Waals surface area contributed by atoms with E-state index in [4.69, 9.17) is 10.1 Å². The molecular weight excluding hydrogens is 404 g/mol. The SMILES string of the molecule is CC(=O)Nc1ccc(NC(=O)C2CCCN(c3nccn4nc5c(c34)CCCC5)C2)cc1. The first kappa shape index (κ1) is 20.5. The maximum absolute atomic E-state index is 13.0. The van der Waals surface area contributed by atoms with Gasteiger partial charge in [0, 0.05) is 49.3 Å². The fourth-order valence-corrected chi connectivity index (χ4v) is 4.85. The number of rotatable bonds is 4. The number of nitrogens with one attached hydrogen (secondary N) is 2. The minimum Gasteiger partial charge on any atom is -0.354 e. The topological polar surface area (TPSA) is 91.6 Å². The standard InChI is InChI=1S/C24H28N6O2/c1-16(31)26-18-8-10-19(11-9-18)27-24(32)17-5-4-13-29(15-17)23-22-20-6-2-3-7-21(20)28-30(22)14-12-25-23/h8-12,14,17H,2-7,13,15H2,1H3,(H,26,31)(H,27,32). The van der Waals surface area contributed by atoms with Gasteiger partial charge < -0.3 is 15.5 Å². The molecule has 2 N–H and O–H groups in total. The Morgan fingerprint density at radius 1 is 1.03 bits per heavy atom. The number of piperidine rings is 1. The lowest BCUT2D eigenvalue weighted by atomic mass is 9.95. The van der Waals surface area contributed by atoms with Gasteiger partial charge in [-0.1, -0.05) is 0 Å². The summed E-state index contributed by atoms with van der Waals surface area (Å²) in [4.78, 5) is 31.2. The Morgan fingerprint density at radius 3 is 2.56 bits per heavy atom. The van der Waals surface area contributed by atoms with Crippen molar-refractivity contribution in [2.24, 2.45) is 5.92 Å². The molecule has 1 atom stereocenters. The third kappa shape index (κ3) is 4.04. The van der Waals surface area contributed by atoms with Crippen LogP contribution in [0.3, 0.4) is 0 Å². The van der Waals surface area contributed by atoms with Crippen LogP contribution in [0.5, 0.6) is 0 Å². The third-order valence-electron chi connectivity index (χ3n) is 6.36. The molecule has 5 rings (SSSR count). The number of aryl methyl sites for hydroxylation is 2. The quantitative estimate of drug-likeness (QED) is 0.659. The molecule has 3 heterocycles. The first-order chi connectivity index (χ1) is 15.6. The van der Waals surface area contributed by atoms with Gasteiger partial charge in [0.05, 0.1) is 11.6 Å². The van der Waals surface area contributed by atoms with Crippen molar-refractivity contribution in [2.45, 2.75) is 45.4 Å². The predicted molar refractivity (Wildman–Crippen MR) is 124 cm³/mol. The summed E-state index contributed by atoms with van der Waals surface area (Å²) in [6, 6.07) is 7.20. The smallest absolute Gasteiger partial charge is 0.229 e. The molecule has 1 saturated heterocycles. The first-order valence-electron chi connectivity index (χ1n) is 11.4. The zero-order chi connectivity index (χ0) is 22.1. The fraction of sp³-hybridized carbons (Fsp3) is 0.417. The summed E-state index contributed by atoms with van der Waals surface area (Å²) in [5, 5.41) is 10.6. The third-order valence-corrected chi connectivity index (χ3v) is 6.36. The Morgan fingerprint density at radius 2 is 1.78 bits per heavy atom. The molecule has 2 aliphatic rings. The van der Waals surface area contributed by atoms with Gasteiger partial charge in [-0.2, -0.15) is 5.10 Å². The van der Waals surface area contributed by atoms with Gasteiger partial charge in [-0.05, 0) is 62.8 Å². The summed E-state index contributed by atoms with van der Waals surface area (Å²) in [5.74, 6) is 0.733. The van der Waals surface area contributed by atoms with E-state index in [-0.39, 0.29) is 17.7 Å². The van der Waals surface area contributed by atoms with Gasteiger partial charge in [0.15, 0.2) is 5.82 Å². The number of carbonyl (C=O) groups is 2. The van der Waals surface area contributed by atoms with Crippen molar-refractivity contribution in [3.8, 4) is 0 Å². The average molecular weight is 433 g/mol. The Labute approximate surface area is 187 Å². The van der Waals surface area contributed by atoms with Crippen molar-refractivity contribution in [3.63, 3.8) is 0 Å². The predicted octanol–water partition coefficient (Wildman–Crippen LogP) is 3.42. The van der Waals surface area contributed by atoms with Crippen molar-refractivity contribution in [2.75, 3.05) is 28.6 Å². The van der Waals surface area contributed by atoms with Crippen molar-refractivity contribution in [1.29, 1.82) is 0 Å². The highest BCUT2D eigenvalue weighted by Crippen LogP contribution is 2.32. The molecule has 1 fully saturated rings. The number of fused-ring (bicyclic) bond motifs is 3. The van der Waals surface area contributed by atoms with Crippen molar-refractivity contribution in [1.82, 2.24) is 14.6 Å². The maximum Gasteiger partial charge on any atom is 0.229 e. The fourth-order valence-electron chi connectivity index (χ4n) is 4.85. The second-order valence-electron chi connectivity index (χ2n) is 8.71. The second-order valence-corrected chi connectivity index (χ2v) is 8.71. The normalized spacial score (nSPS) is 18.3. The molecular formula is C24H28N6O2. The Bertz CT molecular complexity index is 1150. The number of anilines is 3. The maximum atomic E-state index is 13.0. The monoisotopic (exact) mass is 432 g/mol. The van der Waals surface area contributed by atoms with E-state index in [2.05, 4.69) is 15.5 Å². The van der Waals surface area contributed by atoms with Crippen molar-refractivity contribution in [3.05, 3.63) is 47.9 Å². The molecule has 166 valence electrons. The zero-order valence-electron chi connectivity index (χ0n) is 18.3. The largest absolute Gasteiger partial charge is 0.354 e. The van der Waals surface area contributed by atoms with Gasteiger partial charge >= 0.3 is 0 Å². The molecule has 0 bridgehead atoms. The van der Waals surface area contributed by atoms with E-state index in [0.29, 0.717) is 12.2 Å². The van der Waals surface area contributed by atoms with Crippen LogP contribution in [0.25, 0.3) is 5.52 Å². The second kappa shape index (κ2) is 8.61. The average Bonchev–Trinajstić information content (AvgIpc) is 3.19. The van der Waals surface area contributed by atoms with Crippen LogP contribution in [0, 0.1) is 5.92 Å². The van der Waals surface area contributed by atoms with Gasteiger partial charge in [-0.3, -0.25) is 9.59 Å². The van der Waals surface area contributed by atoms with Gasteiger partial charge in [0.1, 0.15) is 5.52 Å². The number of nitrogens with zero attached hydrogens (tertiary/aromatic N) is 4. The van der Waals surface area contributed by atoms with Gasteiger partial charge in [-0.25, -0.2) is 9.50 Å². The molecule has 8 nitrogen and oxygen atoms in total. The molecule has 32 heavy (non-hydrogen) atoms. The van der Waals surface area contributed by atoms with Crippen LogP contribution >= 0.6 is 0 Å². The number of hydrogen-bond acceptors (Lipinski definition) is 5.